The van der Waals surface area contributed by atoms with Gasteiger partial charge < -0.3 is 21.1 Å². The Hall–Kier alpha value is -4.42. The minimum absolute atomic E-state index is 0.0624. The lowest BCUT2D eigenvalue weighted by Gasteiger charge is -2.12. The Bertz CT molecular complexity index is 1420. The van der Waals surface area contributed by atoms with Crippen molar-refractivity contribution in [1.82, 2.24) is 10.6 Å². The Morgan fingerprint density at radius 3 is 2.33 bits per heavy atom. The van der Waals surface area contributed by atoms with Crippen LogP contribution in [0.2, 0.25) is 0 Å². The third kappa shape index (κ3) is 8.55. The van der Waals surface area contributed by atoms with Crippen molar-refractivity contribution in [3.05, 3.63) is 125 Å². The molecular formula is C34H37N3O3. The molecule has 0 heterocycles. The standard InChI is InChI=1S/C34H37N3O3/c1-35-33(38)19-18-25-14-16-27(17-15-25)23-37-31-12-4-7-26(21-31)8-6-20-36-24-30-9-2-3-13-32(30)28-10-5-11-29(22-28)34(39)40/h2-5,7,9-17,21-22,36-37H,6,8,18-20,23-24H2,1H3,(H,35,38)(H,39,40). The minimum atomic E-state index is -0.915. The summed E-state index contributed by atoms with van der Waals surface area (Å²) in [7, 11) is 1.66. The van der Waals surface area contributed by atoms with E-state index in [9.17, 15) is 14.7 Å². The molecule has 0 bridgehead atoms. The van der Waals surface area contributed by atoms with Crippen molar-refractivity contribution in [2.75, 3.05) is 18.9 Å². The molecule has 0 atom stereocenters. The molecule has 4 rings (SSSR count). The van der Waals surface area contributed by atoms with Gasteiger partial charge in [0.25, 0.3) is 0 Å². The van der Waals surface area contributed by atoms with Gasteiger partial charge in [-0.05, 0) is 83.5 Å². The van der Waals surface area contributed by atoms with Gasteiger partial charge in [0.15, 0.2) is 0 Å². The van der Waals surface area contributed by atoms with Crippen LogP contribution >= 0.6 is 0 Å². The highest BCUT2D eigenvalue weighted by Crippen LogP contribution is 2.25. The first kappa shape index (κ1) is 28.6. The number of benzene rings is 4. The van der Waals surface area contributed by atoms with Gasteiger partial charge in [0.2, 0.25) is 5.91 Å². The lowest BCUT2D eigenvalue weighted by atomic mass is 9.98. The Morgan fingerprint density at radius 2 is 1.52 bits per heavy atom. The van der Waals surface area contributed by atoms with Crippen LogP contribution in [0.15, 0.2) is 97.1 Å². The molecule has 6 heteroatoms. The van der Waals surface area contributed by atoms with Crippen molar-refractivity contribution in [1.29, 1.82) is 0 Å². The molecule has 206 valence electrons. The molecule has 4 aromatic rings. The summed E-state index contributed by atoms with van der Waals surface area (Å²) in [5, 5.41) is 19.1. The van der Waals surface area contributed by atoms with Crippen molar-refractivity contribution in [2.45, 2.75) is 38.8 Å². The molecule has 0 aliphatic carbocycles. The molecular weight excluding hydrogens is 498 g/mol. The average molecular weight is 536 g/mol. The molecule has 0 aliphatic rings. The van der Waals surface area contributed by atoms with E-state index in [2.05, 4.69) is 70.5 Å². The molecule has 0 unspecified atom stereocenters. The van der Waals surface area contributed by atoms with Crippen molar-refractivity contribution in [3.63, 3.8) is 0 Å². The first-order valence-corrected chi connectivity index (χ1v) is 13.8. The van der Waals surface area contributed by atoms with Gasteiger partial charge in [-0.2, -0.15) is 0 Å². The molecule has 40 heavy (non-hydrogen) atoms. The molecule has 0 saturated carbocycles. The molecule has 0 saturated heterocycles. The fourth-order valence-corrected chi connectivity index (χ4v) is 4.66. The van der Waals surface area contributed by atoms with Crippen LogP contribution < -0.4 is 16.0 Å². The number of hydrogen-bond donors (Lipinski definition) is 4. The van der Waals surface area contributed by atoms with Crippen LogP contribution in [-0.4, -0.2) is 30.6 Å². The summed E-state index contributed by atoms with van der Waals surface area (Å²) < 4.78 is 0. The van der Waals surface area contributed by atoms with E-state index >= 15 is 0 Å². The maximum Gasteiger partial charge on any atom is 0.335 e. The Kier molecular flexibility index (Phi) is 10.5. The summed E-state index contributed by atoms with van der Waals surface area (Å²) >= 11 is 0. The first-order chi connectivity index (χ1) is 19.5. The number of amides is 1. The third-order valence-corrected chi connectivity index (χ3v) is 6.94. The number of nitrogens with one attached hydrogen (secondary N) is 3. The summed E-state index contributed by atoms with van der Waals surface area (Å²) in [5.74, 6) is -0.853. The molecule has 1 amide bonds. The van der Waals surface area contributed by atoms with E-state index in [1.54, 1.807) is 25.2 Å². The number of hydrogen-bond acceptors (Lipinski definition) is 4. The van der Waals surface area contributed by atoms with Crippen molar-refractivity contribution in [3.8, 4) is 11.1 Å². The predicted molar refractivity (Wildman–Crippen MR) is 161 cm³/mol. The Morgan fingerprint density at radius 1 is 0.750 bits per heavy atom. The predicted octanol–water partition coefficient (Wildman–Crippen LogP) is 6.06. The van der Waals surface area contributed by atoms with Gasteiger partial charge in [-0.15, -0.1) is 0 Å². The summed E-state index contributed by atoms with van der Waals surface area (Å²) in [5.41, 5.74) is 8.18. The third-order valence-electron chi connectivity index (χ3n) is 6.94. The highest BCUT2D eigenvalue weighted by molar-refractivity contribution is 5.89. The molecule has 0 fully saturated rings. The largest absolute Gasteiger partial charge is 0.478 e. The van der Waals surface area contributed by atoms with Crippen molar-refractivity contribution < 1.29 is 14.7 Å². The highest BCUT2D eigenvalue weighted by Gasteiger charge is 2.08. The molecule has 4 aromatic carbocycles. The number of anilines is 1. The fraction of sp³-hybridized carbons (Fsp3) is 0.235. The summed E-state index contributed by atoms with van der Waals surface area (Å²) in [6, 6.07) is 32.2. The van der Waals surface area contributed by atoms with Gasteiger partial charge in [-0.25, -0.2) is 4.79 Å². The maximum atomic E-state index is 11.4. The van der Waals surface area contributed by atoms with E-state index in [1.165, 1.54) is 16.7 Å². The van der Waals surface area contributed by atoms with Gasteiger partial charge in [-0.1, -0.05) is 72.8 Å². The zero-order valence-corrected chi connectivity index (χ0v) is 23.0. The second-order valence-electron chi connectivity index (χ2n) is 9.87. The van der Waals surface area contributed by atoms with Gasteiger partial charge in [0.05, 0.1) is 5.56 Å². The molecule has 0 aliphatic heterocycles. The van der Waals surface area contributed by atoms with Crippen LogP contribution in [0, 0.1) is 0 Å². The number of carboxylic acid groups (broad SMARTS) is 1. The molecule has 0 spiro atoms. The normalized spacial score (nSPS) is 10.7. The highest BCUT2D eigenvalue weighted by atomic mass is 16.4. The van der Waals surface area contributed by atoms with Gasteiger partial charge >= 0.3 is 5.97 Å². The van der Waals surface area contributed by atoms with E-state index in [0.29, 0.717) is 12.0 Å². The first-order valence-electron chi connectivity index (χ1n) is 13.8. The van der Waals surface area contributed by atoms with Gasteiger partial charge in [0, 0.05) is 32.2 Å². The van der Waals surface area contributed by atoms with E-state index in [1.807, 2.05) is 24.3 Å². The monoisotopic (exact) mass is 535 g/mol. The average Bonchev–Trinajstić information content (AvgIpc) is 2.99. The van der Waals surface area contributed by atoms with Crippen LogP contribution in [0.1, 0.15) is 45.5 Å². The van der Waals surface area contributed by atoms with Gasteiger partial charge in [-0.3, -0.25) is 4.79 Å². The topological polar surface area (TPSA) is 90.5 Å². The quantitative estimate of drug-likeness (QED) is 0.147. The second-order valence-corrected chi connectivity index (χ2v) is 9.87. The lowest BCUT2D eigenvalue weighted by Crippen LogP contribution is -2.17. The summed E-state index contributed by atoms with van der Waals surface area (Å²) in [4.78, 5) is 22.8. The summed E-state index contributed by atoms with van der Waals surface area (Å²) in [6.07, 6.45) is 3.24. The SMILES string of the molecule is CNC(=O)CCc1ccc(CNc2cccc(CCCNCc3ccccc3-c3cccc(C(=O)O)c3)c2)cc1. The van der Waals surface area contributed by atoms with E-state index in [-0.39, 0.29) is 5.91 Å². The minimum Gasteiger partial charge on any atom is -0.478 e. The molecule has 0 aromatic heterocycles. The number of aromatic carboxylic acids is 1. The number of carbonyl (C=O) groups is 2. The van der Waals surface area contributed by atoms with Crippen LogP contribution in [0.5, 0.6) is 0 Å². The van der Waals surface area contributed by atoms with E-state index in [4.69, 9.17) is 0 Å². The zero-order chi connectivity index (χ0) is 28.2. The number of aryl methyl sites for hydroxylation is 2. The second kappa shape index (κ2) is 14.7. The summed E-state index contributed by atoms with van der Waals surface area (Å²) in [6.45, 7) is 2.35. The van der Waals surface area contributed by atoms with E-state index < -0.39 is 5.97 Å². The number of carbonyl (C=O) groups excluding carboxylic acids is 1. The molecule has 4 N–H and O–H groups in total. The Labute approximate surface area is 236 Å². The molecule has 6 nitrogen and oxygen atoms in total. The molecule has 0 radical (unpaired) electrons. The van der Waals surface area contributed by atoms with Crippen molar-refractivity contribution in [2.24, 2.45) is 0 Å². The van der Waals surface area contributed by atoms with Gasteiger partial charge in [0.1, 0.15) is 0 Å². The van der Waals surface area contributed by atoms with Crippen LogP contribution in [0.4, 0.5) is 5.69 Å². The fourth-order valence-electron chi connectivity index (χ4n) is 4.66. The number of rotatable bonds is 14. The smallest absolute Gasteiger partial charge is 0.335 e. The Balaban J connectivity index is 1.22. The lowest BCUT2D eigenvalue weighted by molar-refractivity contribution is -0.120. The van der Waals surface area contributed by atoms with Crippen LogP contribution in [-0.2, 0) is 30.7 Å². The number of carboxylic acids is 1. The van der Waals surface area contributed by atoms with Crippen LogP contribution in [0.25, 0.3) is 11.1 Å². The van der Waals surface area contributed by atoms with Crippen LogP contribution in [0.3, 0.4) is 0 Å². The van der Waals surface area contributed by atoms with E-state index in [0.717, 1.165) is 61.3 Å². The maximum absolute atomic E-state index is 11.4. The van der Waals surface area contributed by atoms with Crippen molar-refractivity contribution >= 4 is 17.6 Å². The zero-order valence-electron chi connectivity index (χ0n) is 23.0.